The minimum Gasteiger partial charge on any atom is -0.310 e. The third-order valence-corrected chi connectivity index (χ3v) is 10.5. The SMILES string of the molecule is CC1C=C(n2c3ccccc3c3cc(N(c4ccccc4)c4ccc(-c5cccc6c5sc5ccccc56)cc4)ccc32)C=CC1. The van der Waals surface area contributed by atoms with Crippen molar-refractivity contribution in [2.75, 3.05) is 4.90 Å². The number of para-hydroxylation sites is 2. The number of thiophene rings is 1. The van der Waals surface area contributed by atoms with Gasteiger partial charge in [0.15, 0.2) is 0 Å². The number of hydrogen-bond acceptors (Lipinski definition) is 2. The summed E-state index contributed by atoms with van der Waals surface area (Å²) in [5, 5.41) is 5.19. The molecule has 9 rings (SSSR count). The number of anilines is 3. The molecule has 2 aromatic heterocycles. The number of benzene rings is 6. The van der Waals surface area contributed by atoms with Crippen LogP contribution in [-0.4, -0.2) is 4.57 Å². The molecule has 0 saturated heterocycles. The number of nitrogens with zero attached hydrogens (tertiary/aromatic N) is 2. The Morgan fingerprint density at radius 1 is 0.609 bits per heavy atom. The number of aromatic nitrogens is 1. The maximum atomic E-state index is 2.43. The average Bonchev–Trinajstić information content (AvgIpc) is 3.65. The summed E-state index contributed by atoms with van der Waals surface area (Å²) in [6.07, 6.45) is 8.07. The van der Waals surface area contributed by atoms with Crippen LogP contribution in [0, 0.1) is 5.92 Å². The molecule has 2 heterocycles. The summed E-state index contributed by atoms with van der Waals surface area (Å²) in [4.78, 5) is 2.37. The first kappa shape index (κ1) is 27.0. The molecule has 2 nitrogen and oxygen atoms in total. The molecular formula is C43H32N2S. The predicted octanol–water partition coefficient (Wildman–Crippen LogP) is 12.7. The van der Waals surface area contributed by atoms with Crippen molar-refractivity contribution in [2.45, 2.75) is 13.3 Å². The molecule has 0 N–H and O–H groups in total. The number of allylic oxidation sites excluding steroid dienone is 4. The monoisotopic (exact) mass is 608 g/mol. The van der Waals surface area contributed by atoms with E-state index in [4.69, 9.17) is 0 Å². The second-order valence-electron chi connectivity index (χ2n) is 12.3. The zero-order chi connectivity index (χ0) is 30.6. The van der Waals surface area contributed by atoms with Crippen LogP contribution in [0.5, 0.6) is 0 Å². The summed E-state index contributed by atoms with van der Waals surface area (Å²) in [6, 6.07) is 50.9. The third-order valence-electron chi connectivity index (χ3n) is 9.28. The van der Waals surface area contributed by atoms with Crippen LogP contribution in [0.25, 0.3) is 58.8 Å². The third kappa shape index (κ3) is 4.39. The normalized spacial score (nSPS) is 14.8. The second-order valence-corrected chi connectivity index (χ2v) is 13.3. The van der Waals surface area contributed by atoms with Crippen LogP contribution < -0.4 is 4.90 Å². The molecule has 220 valence electrons. The van der Waals surface area contributed by atoms with E-state index >= 15 is 0 Å². The minimum absolute atomic E-state index is 0.526. The lowest BCUT2D eigenvalue weighted by Gasteiger charge is -2.26. The predicted molar refractivity (Wildman–Crippen MR) is 200 cm³/mol. The molecule has 6 aromatic carbocycles. The highest BCUT2D eigenvalue weighted by atomic mass is 32.1. The molecule has 1 atom stereocenters. The van der Waals surface area contributed by atoms with Crippen molar-refractivity contribution in [2.24, 2.45) is 5.92 Å². The largest absolute Gasteiger partial charge is 0.310 e. The van der Waals surface area contributed by atoms with Crippen LogP contribution in [-0.2, 0) is 0 Å². The lowest BCUT2D eigenvalue weighted by molar-refractivity contribution is 0.735. The molecule has 46 heavy (non-hydrogen) atoms. The van der Waals surface area contributed by atoms with Crippen LogP contribution in [0.2, 0.25) is 0 Å². The van der Waals surface area contributed by atoms with E-state index in [2.05, 4.69) is 174 Å². The first-order chi connectivity index (χ1) is 22.7. The van der Waals surface area contributed by atoms with E-state index in [1.54, 1.807) is 0 Å². The van der Waals surface area contributed by atoms with Crippen molar-refractivity contribution in [3.05, 3.63) is 158 Å². The van der Waals surface area contributed by atoms with Gasteiger partial charge in [0.25, 0.3) is 0 Å². The van der Waals surface area contributed by atoms with Crippen molar-refractivity contribution in [3.8, 4) is 11.1 Å². The summed E-state index contributed by atoms with van der Waals surface area (Å²) in [6.45, 7) is 2.29. The highest BCUT2D eigenvalue weighted by Crippen LogP contribution is 2.43. The van der Waals surface area contributed by atoms with E-state index in [1.807, 2.05) is 11.3 Å². The smallest absolute Gasteiger partial charge is 0.0542 e. The van der Waals surface area contributed by atoms with Crippen molar-refractivity contribution in [1.29, 1.82) is 0 Å². The quantitative estimate of drug-likeness (QED) is 0.189. The molecule has 1 unspecified atom stereocenters. The Morgan fingerprint density at radius 3 is 2.15 bits per heavy atom. The molecule has 0 radical (unpaired) electrons. The van der Waals surface area contributed by atoms with Gasteiger partial charge in [-0.2, -0.15) is 0 Å². The van der Waals surface area contributed by atoms with Gasteiger partial charge in [0.2, 0.25) is 0 Å². The second kappa shape index (κ2) is 10.9. The number of fused-ring (bicyclic) bond motifs is 6. The Labute approximate surface area is 272 Å². The first-order valence-corrected chi connectivity index (χ1v) is 16.8. The van der Waals surface area contributed by atoms with Crippen LogP contribution in [0.1, 0.15) is 13.3 Å². The summed E-state index contributed by atoms with van der Waals surface area (Å²) in [5.74, 6) is 0.526. The van der Waals surface area contributed by atoms with Crippen LogP contribution in [0.3, 0.4) is 0 Å². The van der Waals surface area contributed by atoms with Crippen molar-refractivity contribution < 1.29 is 0 Å². The summed E-state index contributed by atoms with van der Waals surface area (Å²) in [5.41, 5.74) is 9.65. The molecule has 0 spiro atoms. The molecule has 8 aromatic rings. The summed E-state index contributed by atoms with van der Waals surface area (Å²) < 4.78 is 5.10. The van der Waals surface area contributed by atoms with Crippen LogP contribution >= 0.6 is 11.3 Å². The fraction of sp³-hybridized carbons (Fsp3) is 0.0698. The fourth-order valence-corrected chi connectivity index (χ4v) is 8.37. The van der Waals surface area contributed by atoms with Crippen molar-refractivity contribution in [1.82, 2.24) is 4.57 Å². The summed E-state index contributed by atoms with van der Waals surface area (Å²) in [7, 11) is 0. The maximum Gasteiger partial charge on any atom is 0.0542 e. The number of hydrogen-bond donors (Lipinski definition) is 0. The standard InChI is InChI=1S/C43H32N2S/c1-29-11-9-14-33(27-29)45-40-19-7-5-15-36(40)39-28-34(25-26-41(39)45)44(31-12-3-2-4-13-31)32-23-21-30(22-24-32)35-17-10-18-38-37-16-6-8-20-42(37)46-43(35)38/h2-10,12-29H,11H2,1H3. The highest BCUT2D eigenvalue weighted by molar-refractivity contribution is 7.26. The lowest BCUT2D eigenvalue weighted by Crippen LogP contribution is -2.09. The van der Waals surface area contributed by atoms with E-state index in [0.29, 0.717) is 5.92 Å². The molecule has 3 heteroatoms. The van der Waals surface area contributed by atoms with Gasteiger partial charge in [0.1, 0.15) is 0 Å². The lowest BCUT2D eigenvalue weighted by atomic mass is 10.0. The number of rotatable bonds is 5. The van der Waals surface area contributed by atoms with Gasteiger partial charge in [-0.1, -0.05) is 104 Å². The van der Waals surface area contributed by atoms with Gasteiger partial charge in [0, 0.05) is 53.7 Å². The van der Waals surface area contributed by atoms with E-state index in [-0.39, 0.29) is 0 Å². The Balaban J connectivity index is 1.18. The molecule has 0 saturated carbocycles. The Kier molecular flexibility index (Phi) is 6.39. The van der Waals surface area contributed by atoms with Gasteiger partial charge < -0.3 is 9.47 Å². The molecule has 0 fully saturated rings. The molecule has 0 amide bonds. The zero-order valence-corrected chi connectivity index (χ0v) is 26.4. The van der Waals surface area contributed by atoms with Crippen LogP contribution in [0.4, 0.5) is 17.1 Å². The first-order valence-electron chi connectivity index (χ1n) is 16.0. The van der Waals surface area contributed by atoms with E-state index in [9.17, 15) is 0 Å². The Bertz CT molecular complexity index is 2460. The zero-order valence-electron chi connectivity index (χ0n) is 25.6. The van der Waals surface area contributed by atoms with Crippen molar-refractivity contribution in [3.63, 3.8) is 0 Å². The molecule has 1 aliphatic carbocycles. The van der Waals surface area contributed by atoms with Gasteiger partial charge in [-0.15, -0.1) is 11.3 Å². The van der Waals surface area contributed by atoms with Gasteiger partial charge in [0.05, 0.1) is 11.0 Å². The minimum atomic E-state index is 0.526. The van der Waals surface area contributed by atoms with E-state index in [0.717, 1.165) is 23.5 Å². The Morgan fingerprint density at radius 2 is 1.30 bits per heavy atom. The van der Waals surface area contributed by atoms with E-state index < -0.39 is 0 Å². The Hall–Kier alpha value is -5.38. The van der Waals surface area contributed by atoms with Gasteiger partial charge in [-0.05, 0) is 84.1 Å². The van der Waals surface area contributed by atoms with E-state index in [1.165, 1.54) is 58.8 Å². The highest BCUT2D eigenvalue weighted by Gasteiger charge is 2.19. The van der Waals surface area contributed by atoms with Gasteiger partial charge in [-0.25, -0.2) is 0 Å². The van der Waals surface area contributed by atoms with Crippen molar-refractivity contribution >= 4 is 76.1 Å². The topological polar surface area (TPSA) is 8.17 Å². The molecule has 0 aliphatic heterocycles. The maximum absolute atomic E-state index is 2.43. The fourth-order valence-electron chi connectivity index (χ4n) is 7.13. The van der Waals surface area contributed by atoms with Crippen LogP contribution in [0.15, 0.2) is 158 Å². The molecular weight excluding hydrogens is 577 g/mol. The molecule has 1 aliphatic rings. The molecule has 0 bridgehead atoms. The van der Waals surface area contributed by atoms with Gasteiger partial charge in [-0.3, -0.25) is 0 Å². The average molecular weight is 609 g/mol. The summed E-state index contributed by atoms with van der Waals surface area (Å²) >= 11 is 1.88. The van der Waals surface area contributed by atoms with Gasteiger partial charge >= 0.3 is 0 Å².